The van der Waals surface area contributed by atoms with Crippen molar-refractivity contribution in [3.05, 3.63) is 84.1 Å². The molecular weight excluding hydrogens is 420 g/mol. The molecule has 0 aliphatic carbocycles. The van der Waals surface area contributed by atoms with E-state index >= 15 is 0 Å². The molecule has 4 rings (SSSR count). The van der Waals surface area contributed by atoms with Crippen LogP contribution in [0, 0.1) is 0 Å². The van der Waals surface area contributed by atoms with Crippen molar-refractivity contribution in [1.82, 2.24) is 0 Å². The van der Waals surface area contributed by atoms with Gasteiger partial charge < -0.3 is 19.1 Å². The quantitative estimate of drug-likeness (QED) is 0.511. The van der Waals surface area contributed by atoms with Crippen LogP contribution >= 0.6 is 0 Å². The van der Waals surface area contributed by atoms with Crippen molar-refractivity contribution >= 4 is 28.8 Å². The van der Waals surface area contributed by atoms with Crippen LogP contribution in [0.1, 0.15) is 5.56 Å². The highest BCUT2D eigenvalue weighted by atomic mass is 16.5. The zero-order chi connectivity index (χ0) is 23.5. The lowest BCUT2D eigenvalue weighted by Crippen LogP contribution is -2.34. The highest BCUT2D eigenvalue weighted by Gasteiger charge is 2.43. The van der Waals surface area contributed by atoms with Gasteiger partial charge in [-0.3, -0.25) is 9.59 Å². The van der Waals surface area contributed by atoms with Gasteiger partial charge in [-0.1, -0.05) is 36.4 Å². The molecule has 0 fully saturated rings. The van der Waals surface area contributed by atoms with Crippen LogP contribution < -0.4 is 24.0 Å². The summed E-state index contributed by atoms with van der Waals surface area (Å²) in [4.78, 5) is 30.5. The molecule has 0 N–H and O–H groups in total. The molecule has 7 heteroatoms. The fourth-order valence-electron chi connectivity index (χ4n) is 3.86. The maximum atomic E-state index is 13.8. The second-order valence-corrected chi connectivity index (χ2v) is 7.34. The van der Waals surface area contributed by atoms with E-state index in [2.05, 4.69) is 0 Å². The van der Waals surface area contributed by atoms with Crippen LogP contribution in [-0.2, 0) is 9.59 Å². The van der Waals surface area contributed by atoms with Crippen molar-refractivity contribution in [2.45, 2.75) is 0 Å². The van der Waals surface area contributed by atoms with Crippen molar-refractivity contribution in [2.24, 2.45) is 0 Å². The van der Waals surface area contributed by atoms with E-state index < -0.39 is 11.8 Å². The fraction of sp³-hybridized carbons (Fsp3) is 0.154. The van der Waals surface area contributed by atoms with E-state index in [-0.39, 0.29) is 11.3 Å². The number of carbonyl (C=O) groups excluding carboxylic acids is 2. The Morgan fingerprint density at radius 3 is 1.94 bits per heavy atom. The Balaban J connectivity index is 1.92. The number of ether oxygens (including phenoxy) is 3. The van der Waals surface area contributed by atoms with Gasteiger partial charge in [0.25, 0.3) is 11.8 Å². The van der Waals surface area contributed by atoms with Gasteiger partial charge in [-0.25, -0.2) is 4.90 Å². The summed E-state index contributed by atoms with van der Waals surface area (Å²) in [5, 5.41) is 0. The molecule has 0 aromatic heterocycles. The molecule has 3 aromatic carbocycles. The number of benzene rings is 3. The summed E-state index contributed by atoms with van der Waals surface area (Å²) in [6.45, 7) is 0. The van der Waals surface area contributed by atoms with Gasteiger partial charge in [0.05, 0.1) is 32.6 Å². The summed E-state index contributed by atoms with van der Waals surface area (Å²) < 4.78 is 16.2. The molecule has 0 bridgehead atoms. The first-order valence-corrected chi connectivity index (χ1v) is 10.3. The number of hydrogen-bond acceptors (Lipinski definition) is 6. The van der Waals surface area contributed by atoms with Gasteiger partial charge in [0, 0.05) is 36.5 Å². The standard InChI is InChI=1S/C26H24N2O5/c1-27(17-10-6-5-7-11-17)24-23(21-12-8-9-13-22(21)33-4)25(29)28(26(24)30)18-14-19(31-2)16-20(15-18)32-3/h5-16H,1-4H3. The normalized spacial score (nSPS) is 13.4. The highest BCUT2D eigenvalue weighted by Crippen LogP contribution is 2.40. The number of anilines is 2. The van der Waals surface area contributed by atoms with E-state index in [0.717, 1.165) is 10.6 Å². The van der Waals surface area contributed by atoms with Crippen molar-refractivity contribution in [2.75, 3.05) is 38.2 Å². The summed E-state index contributed by atoms with van der Waals surface area (Å²) in [5.41, 5.74) is 2.16. The van der Waals surface area contributed by atoms with E-state index in [1.54, 1.807) is 48.3 Å². The van der Waals surface area contributed by atoms with Gasteiger partial charge in [-0.2, -0.15) is 0 Å². The minimum absolute atomic E-state index is 0.248. The molecule has 3 aromatic rings. The minimum Gasteiger partial charge on any atom is -0.497 e. The molecule has 0 radical (unpaired) electrons. The smallest absolute Gasteiger partial charge is 0.282 e. The van der Waals surface area contributed by atoms with Gasteiger partial charge in [-0.15, -0.1) is 0 Å². The SMILES string of the molecule is COc1cc(OC)cc(N2C(=O)C(c3ccccc3OC)=C(N(C)c3ccccc3)C2=O)c1. The molecule has 0 atom stereocenters. The zero-order valence-corrected chi connectivity index (χ0v) is 18.9. The lowest BCUT2D eigenvalue weighted by molar-refractivity contribution is -0.120. The molecule has 2 amide bonds. The molecule has 7 nitrogen and oxygen atoms in total. The number of rotatable bonds is 7. The number of likely N-dealkylation sites (N-methyl/N-ethyl adjacent to an activating group) is 1. The molecule has 33 heavy (non-hydrogen) atoms. The minimum atomic E-state index is -0.461. The Kier molecular flexibility index (Phi) is 6.04. The third-order valence-electron chi connectivity index (χ3n) is 5.51. The van der Waals surface area contributed by atoms with Crippen LogP contribution in [0.25, 0.3) is 5.57 Å². The Morgan fingerprint density at radius 2 is 1.33 bits per heavy atom. The molecule has 1 aliphatic rings. The molecule has 0 spiro atoms. The topological polar surface area (TPSA) is 68.3 Å². The van der Waals surface area contributed by atoms with Crippen LogP contribution in [-0.4, -0.2) is 40.2 Å². The van der Waals surface area contributed by atoms with Gasteiger partial charge in [0.1, 0.15) is 22.9 Å². The summed E-state index contributed by atoms with van der Waals surface area (Å²) >= 11 is 0. The number of para-hydroxylation sites is 2. The molecule has 0 saturated heterocycles. The average molecular weight is 444 g/mol. The molecule has 0 unspecified atom stereocenters. The fourth-order valence-corrected chi connectivity index (χ4v) is 3.86. The molecule has 0 saturated carbocycles. The Morgan fingerprint density at radius 1 is 0.727 bits per heavy atom. The maximum Gasteiger partial charge on any atom is 0.282 e. The number of amides is 2. The van der Waals surface area contributed by atoms with E-state index in [9.17, 15) is 9.59 Å². The number of methoxy groups -OCH3 is 3. The molecule has 1 heterocycles. The summed E-state index contributed by atoms with van der Waals surface area (Å²) in [7, 11) is 6.32. The molecular formula is C26H24N2O5. The third kappa shape index (κ3) is 3.89. The molecule has 1 aliphatic heterocycles. The third-order valence-corrected chi connectivity index (χ3v) is 5.51. The first kappa shape index (κ1) is 22.0. The van der Waals surface area contributed by atoms with Crippen LogP contribution in [0.15, 0.2) is 78.5 Å². The number of hydrogen-bond donors (Lipinski definition) is 0. The predicted molar refractivity (Wildman–Crippen MR) is 127 cm³/mol. The van der Waals surface area contributed by atoms with E-state index in [4.69, 9.17) is 14.2 Å². The van der Waals surface area contributed by atoms with Crippen molar-refractivity contribution < 1.29 is 23.8 Å². The van der Waals surface area contributed by atoms with Gasteiger partial charge in [0.15, 0.2) is 0 Å². The van der Waals surface area contributed by atoms with Crippen molar-refractivity contribution in [3.8, 4) is 17.2 Å². The van der Waals surface area contributed by atoms with Gasteiger partial charge in [-0.05, 0) is 18.2 Å². The average Bonchev–Trinajstić information content (AvgIpc) is 3.13. The van der Waals surface area contributed by atoms with Gasteiger partial charge >= 0.3 is 0 Å². The number of nitrogens with zero attached hydrogens (tertiary/aromatic N) is 2. The highest BCUT2D eigenvalue weighted by molar-refractivity contribution is 6.46. The first-order valence-electron chi connectivity index (χ1n) is 10.3. The zero-order valence-electron chi connectivity index (χ0n) is 18.9. The number of imide groups is 1. The lowest BCUT2D eigenvalue weighted by Gasteiger charge is -2.22. The first-order chi connectivity index (χ1) is 16.0. The summed E-state index contributed by atoms with van der Waals surface area (Å²) in [6.07, 6.45) is 0. The van der Waals surface area contributed by atoms with E-state index in [0.29, 0.717) is 28.5 Å². The Labute approximate surface area is 192 Å². The van der Waals surface area contributed by atoms with Crippen LogP contribution in [0.4, 0.5) is 11.4 Å². The van der Waals surface area contributed by atoms with Crippen LogP contribution in [0.2, 0.25) is 0 Å². The van der Waals surface area contributed by atoms with Crippen LogP contribution in [0.3, 0.4) is 0 Å². The molecule has 168 valence electrons. The lowest BCUT2D eigenvalue weighted by atomic mass is 10.0. The second kappa shape index (κ2) is 9.08. The van der Waals surface area contributed by atoms with Crippen molar-refractivity contribution in [3.63, 3.8) is 0 Å². The largest absolute Gasteiger partial charge is 0.497 e. The Bertz CT molecular complexity index is 1210. The summed E-state index contributed by atoms with van der Waals surface area (Å²) in [6, 6.07) is 21.5. The summed E-state index contributed by atoms with van der Waals surface area (Å²) in [5.74, 6) is 0.514. The van der Waals surface area contributed by atoms with E-state index in [1.807, 2.05) is 36.4 Å². The monoisotopic (exact) mass is 444 g/mol. The van der Waals surface area contributed by atoms with Gasteiger partial charge in [0.2, 0.25) is 0 Å². The van der Waals surface area contributed by atoms with Crippen LogP contribution in [0.5, 0.6) is 17.2 Å². The maximum absolute atomic E-state index is 13.8. The second-order valence-electron chi connectivity index (χ2n) is 7.34. The van der Waals surface area contributed by atoms with Crippen molar-refractivity contribution in [1.29, 1.82) is 0 Å². The predicted octanol–water partition coefficient (Wildman–Crippen LogP) is 4.13. The Hall–Kier alpha value is -4.26. The van der Waals surface area contributed by atoms with E-state index in [1.165, 1.54) is 21.3 Å². The number of carbonyl (C=O) groups is 2.